The molecule has 2 aliphatic rings. The molecule has 1 atom stereocenters. The molecule has 8 heteroatoms. The number of halogens is 3. The van der Waals surface area contributed by atoms with Crippen LogP contribution in [0, 0.1) is 11.8 Å². The fourth-order valence-corrected chi connectivity index (χ4v) is 4.85. The maximum Gasteiger partial charge on any atom is 0.471 e. The van der Waals surface area contributed by atoms with Crippen LogP contribution in [0.15, 0.2) is 42.5 Å². The summed E-state index contributed by atoms with van der Waals surface area (Å²) in [5, 5.41) is 1.85. The van der Waals surface area contributed by atoms with Crippen molar-refractivity contribution in [1.29, 1.82) is 0 Å². The SMILES string of the molecule is COc1ccc(C2(C#Cc3cccc(NC(=O)C(F)(F)F)c3)CCCC(=O)C2)cc1OC1CCCC1. The Bertz CT molecular complexity index is 1190. The minimum absolute atomic E-state index is 0.00501. The summed E-state index contributed by atoms with van der Waals surface area (Å²) in [6.07, 6.45) is 1.42. The second-order valence-corrected chi connectivity index (χ2v) is 9.32. The molecule has 4 rings (SSSR count). The third kappa shape index (κ3) is 6.01. The van der Waals surface area contributed by atoms with E-state index in [1.807, 2.05) is 23.5 Å². The number of hydrogen-bond donors (Lipinski definition) is 1. The molecule has 1 amide bonds. The molecule has 0 heterocycles. The number of rotatable bonds is 5. The van der Waals surface area contributed by atoms with Crippen LogP contribution in [0.25, 0.3) is 0 Å². The van der Waals surface area contributed by atoms with Crippen molar-refractivity contribution in [1.82, 2.24) is 0 Å². The van der Waals surface area contributed by atoms with E-state index in [1.165, 1.54) is 18.2 Å². The van der Waals surface area contributed by atoms with Gasteiger partial charge in [0, 0.05) is 24.1 Å². The van der Waals surface area contributed by atoms with E-state index in [0.717, 1.165) is 31.2 Å². The van der Waals surface area contributed by atoms with Crippen molar-refractivity contribution >= 4 is 17.4 Å². The highest BCUT2D eigenvalue weighted by Gasteiger charge is 2.39. The molecular formula is C28H28F3NO4. The summed E-state index contributed by atoms with van der Waals surface area (Å²) < 4.78 is 49.6. The molecule has 36 heavy (non-hydrogen) atoms. The van der Waals surface area contributed by atoms with E-state index < -0.39 is 17.5 Å². The first kappa shape index (κ1) is 25.6. The van der Waals surface area contributed by atoms with Crippen LogP contribution < -0.4 is 14.8 Å². The van der Waals surface area contributed by atoms with E-state index in [2.05, 4.69) is 11.8 Å². The zero-order valence-corrected chi connectivity index (χ0v) is 20.0. The van der Waals surface area contributed by atoms with E-state index in [4.69, 9.17) is 9.47 Å². The summed E-state index contributed by atoms with van der Waals surface area (Å²) in [7, 11) is 1.58. The number of hydrogen-bond acceptors (Lipinski definition) is 4. The van der Waals surface area contributed by atoms with Gasteiger partial charge in [-0.2, -0.15) is 13.2 Å². The molecule has 1 unspecified atom stereocenters. The maximum absolute atomic E-state index is 12.6. The van der Waals surface area contributed by atoms with Gasteiger partial charge >= 0.3 is 12.1 Å². The van der Waals surface area contributed by atoms with Crippen molar-refractivity contribution in [3.05, 3.63) is 53.6 Å². The average Bonchev–Trinajstić information content (AvgIpc) is 3.35. The summed E-state index contributed by atoms with van der Waals surface area (Å²) in [6, 6.07) is 11.6. The number of ketones is 1. The molecule has 2 saturated carbocycles. The molecule has 1 N–H and O–H groups in total. The number of Topliss-reactive ketones (excluding diaryl/α,β-unsaturated/α-hetero) is 1. The molecule has 0 aromatic heterocycles. The normalized spacial score (nSPS) is 20.4. The van der Waals surface area contributed by atoms with Crippen LogP contribution in [-0.2, 0) is 15.0 Å². The Morgan fingerprint density at radius 1 is 1.08 bits per heavy atom. The predicted molar refractivity (Wildman–Crippen MR) is 129 cm³/mol. The van der Waals surface area contributed by atoms with Crippen molar-refractivity contribution < 1.29 is 32.2 Å². The van der Waals surface area contributed by atoms with Crippen LogP contribution in [0.3, 0.4) is 0 Å². The minimum atomic E-state index is -4.99. The van der Waals surface area contributed by atoms with Gasteiger partial charge in [0.2, 0.25) is 0 Å². The van der Waals surface area contributed by atoms with Gasteiger partial charge in [0.25, 0.3) is 0 Å². The number of amides is 1. The predicted octanol–water partition coefficient (Wildman–Crippen LogP) is 5.95. The highest BCUT2D eigenvalue weighted by Crippen LogP contribution is 2.42. The van der Waals surface area contributed by atoms with Gasteiger partial charge in [-0.15, -0.1) is 0 Å². The van der Waals surface area contributed by atoms with Gasteiger partial charge in [-0.05, 0) is 74.4 Å². The molecule has 2 aliphatic carbocycles. The number of anilines is 1. The van der Waals surface area contributed by atoms with E-state index >= 15 is 0 Å². The number of methoxy groups -OCH3 is 1. The Morgan fingerprint density at radius 2 is 1.86 bits per heavy atom. The lowest BCUT2D eigenvalue weighted by molar-refractivity contribution is -0.167. The van der Waals surface area contributed by atoms with Crippen molar-refractivity contribution in [2.45, 2.75) is 69.1 Å². The first-order valence-electron chi connectivity index (χ1n) is 12.1. The molecule has 0 radical (unpaired) electrons. The largest absolute Gasteiger partial charge is 0.493 e. The fourth-order valence-electron chi connectivity index (χ4n) is 4.85. The number of benzene rings is 2. The molecule has 0 spiro atoms. The van der Waals surface area contributed by atoms with Crippen LogP contribution in [0.2, 0.25) is 0 Å². The van der Waals surface area contributed by atoms with Gasteiger partial charge in [-0.3, -0.25) is 9.59 Å². The quantitative estimate of drug-likeness (QED) is 0.517. The molecule has 2 fully saturated rings. The van der Waals surface area contributed by atoms with E-state index in [-0.39, 0.29) is 24.0 Å². The molecule has 2 aromatic carbocycles. The zero-order valence-electron chi connectivity index (χ0n) is 20.0. The third-order valence-corrected chi connectivity index (χ3v) is 6.69. The Balaban J connectivity index is 1.67. The maximum atomic E-state index is 12.6. The molecule has 0 saturated heterocycles. The van der Waals surface area contributed by atoms with Crippen LogP contribution in [0.5, 0.6) is 11.5 Å². The topological polar surface area (TPSA) is 64.6 Å². The summed E-state index contributed by atoms with van der Waals surface area (Å²) >= 11 is 0. The van der Waals surface area contributed by atoms with Crippen LogP contribution >= 0.6 is 0 Å². The van der Waals surface area contributed by atoms with Gasteiger partial charge in [-0.25, -0.2) is 0 Å². The van der Waals surface area contributed by atoms with Crippen molar-refractivity contribution in [3.8, 4) is 23.3 Å². The molecule has 0 aliphatic heterocycles. The molecular weight excluding hydrogens is 471 g/mol. The monoisotopic (exact) mass is 499 g/mol. The third-order valence-electron chi connectivity index (χ3n) is 6.69. The molecule has 5 nitrogen and oxygen atoms in total. The highest BCUT2D eigenvalue weighted by molar-refractivity contribution is 5.95. The summed E-state index contributed by atoms with van der Waals surface area (Å²) in [5.41, 5.74) is 0.511. The zero-order chi connectivity index (χ0) is 25.8. The summed E-state index contributed by atoms with van der Waals surface area (Å²) in [6.45, 7) is 0. The molecule has 0 bridgehead atoms. The lowest BCUT2D eigenvalue weighted by Gasteiger charge is -2.33. The number of carbonyl (C=O) groups is 2. The Labute approximate surface area is 208 Å². The standard InChI is InChI=1S/C28H28F3NO4/c1-35-24-12-11-20(17-25(24)36-23-9-2-3-10-23)27(14-5-8-22(33)18-27)15-13-19-6-4-7-21(16-19)32-26(34)28(29,30)31/h4,6-7,11-12,16-17,23H,2-3,5,8-10,14,18H2,1H3,(H,32,34). The van der Waals surface area contributed by atoms with Gasteiger partial charge < -0.3 is 14.8 Å². The van der Waals surface area contributed by atoms with Gasteiger partial charge in [0.05, 0.1) is 18.6 Å². The van der Waals surface area contributed by atoms with Crippen LogP contribution in [0.1, 0.15) is 62.5 Å². The first-order valence-corrected chi connectivity index (χ1v) is 12.1. The number of nitrogens with one attached hydrogen (secondary N) is 1. The van der Waals surface area contributed by atoms with Crippen LogP contribution in [-0.4, -0.2) is 31.1 Å². The van der Waals surface area contributed by atoms with Crippen molar-refractivity contribution in [3.63, 3.8) is 0 Å². The second-order valence-electron chi connectivity index (χ2n) is 9.32. The lowest BCUT2D eigenvalue weighted by atomic mass is 9.69. The number of alkyl halides is 3. The number of ether oxygens (including phenoxy) is 2. The van der Waals surface area contributed by atoms with Gasteiger partial charge in [0.1, 0.15) is 5.78 Å². The Morgan fingerprint density at radius 3 is 2.56 bits per heavy atom. The Hall–Kier alpha value is -3.47. The van der Waals surface area contributed by atoms with Gasteiger partial charge in [-0.1, -0.05) is 24.0 Å². The first-order chi connectivity index (χ1) is 17.2. The van der Waals surface area contributed by atoms with Crippen molar-refractivity contribution in [2.75, 3.05) is 12.4 Å². The van der Waals surface area contributed by atoms with E-state index in [1.54, 1.807) is 13.2 Å². The second kappa shape index (κ2) is 10.7. The smallest absolute Gasteiger partial charge is 0.471 e. The summed E-state index contributed by atoms with van der Waals surface area (Å²) in [5.74, 6) is 5.60. The van der Waals surface area contributed by atoms with E-state index in [9.17, 15) is 22.8 Å². The fraction of sp³-hybridized carbons (Fsp3) is 0.429. The number of carbonyl (C=O) groups excluding carboxylic acids is 2. The van der Waals surface area contributed by atoms with Gasteiger partial charge in [0.15, 0.2) is 11.5 Å². The molecule has 2 aromatic rings. The lowest BCUT2D eigenvalue weighted by Crippen LogP contribution is -2.32. The highest BCUT2D eigenvalue weighted by atomic mass is 19.4. The summed E-state index contributed by atoms with van der Waals surface area (Å²) in [4.78, 5) is 23.8. The van der Waals surface area contributed by atoms with Crippen LogP contribution in [0.4, 0.5) is 18.9 Å². The minimum Gasteiger partial charge on any atom is -0.493 e. The van der Waals surface area contributed by atoms with E-state index in [0.29, 0.717) is 36.3 Å². The Kier molecular flexibility index (Phi) is 7.58. The average molecular weight is 500 g/mol. The molecule has 190 valence electrons. The van der Waals surface area contributed by atoms with Crippen molar-refractivity contribution in [2.24, 2.45) is 0 Å².